The maximum absolute atomic E-state index is 12.4. The van der Waals surface area contributed by atoms with Crippen LogP contribution < -0.4 is 15.1 Å². The smallest absolute Gasteiger partial charge is 0.340 e. The van der Waals surface area contributed by atoms with Crippen molar-refractivity contribution in [2.75, 3.05) is 11.8 Å². The molecule has 0 aliphatic rings. The fraction of sp³-hybridized carbons (Fsp3) is 0.211. The van der Waals surface area contributed by atoms with Crippen molar-refractivity contribution in [1.29, 1.82) is 0 Å². The summed E-state index contributed by atoms with van der Waals surface area (Å²) < 4.78 is 33.3. The van der Waals surface area contributed by atoms with Gasteiger partial charge in [0.2, 0.25) is 0 Å². The maximum Gasteiger partial charge on any atom is 0.340 e. The molecule has 0 bridgehead atoms. The molecule has 7 heteroatoms. The van der Waals surface area contributed by atoms with Crippen LogP contribution in [0.3, 0.4) is 0 Å². The van der Waals surface area contributed by atoms with Gasteiger partial charge in [-0.15, -0.1) is 0 Å². The number of fused-ring (bicyclic) bond motifs is 1. The SMILES string of the molecule is CNS(=O)(=O)Nc1cccc(Cc2c(C)c3cc(C)ccc3oc2=O)c1. The molecule has 26 heavy (non-hydrogen) atoms. The molecule has 136 valence electrons. The summed E-state index contributed by atoms with van der Waals surface area (Å²) in [6, 6.07) is 12.6. The molecule has 2 aromatic carbocycles. The summed E-state index contributed by atoms with van der Waals surface area (Å²) in [5, 5.41) is 0.909. The van der Waals surface area contributed by atoms with Crippen molar-refractivity contribution >= 4 is 26.9 Å². The number of rotatable bonds is 5. The molecule has 0 fully saturated rings. The third-order valence-electron chi connectivity index (χ3n) is 4.27. The summed E-state index contributed by atoms with van der Waals surface area (Å²) in [6.45, 7) is 3.89. The third-order valence-corrected chi connectivity index (χ3v) is 5.31. The lowest BCUT2D eigenvalue weighted by Crippen LogP contribution is -2.26. The lowest BCUT2D eigenvalue weighted by atomic mass is 9.98. The van der Waals surface area contributed by atoms with E-state index in [1.807, 2.05) is 32.0 Å². The number of benzene rings is 2. The molecule has 3 aromatic rings. The predicted molar refractivity (Wildman–Crippen MR) is 103 cm³/mol. The highest BCUT2D eigenvalue weighted by atomic mass is 32.2. The number of nitrogens with one attached hydrogen (secondary N) is 2. The standard InChI is InChI=1S/C19H20N2O4S/c1-12-7-8-18-16(9-12)13(2)17(19(22)25-18)11-14-5-4-6-15(10-14)21-26(23,24)20-3/h4-10,20-21H,11H2,1-3H3. The zero-order valence-electron chi connectivity index (χ0n) is 14.8. The van der Waals surface area contributed by atoms with E-state index in [1.54, 1.807) is 24.3 Å². The summed E-state index contributed by atoms with van der Waals surface area (Å²) >= 11 is 0. The van der Waals surface area contributed by atoms with Crippen LogP contribution in [0.25, 0.3) is 11.0 Å². The van der Waals surface area contributed by atoms with Gasteiger partial charge >= 0.3 is 5.63 Å². The summed E-state index contributed by atoms with van der Waals surface area (Å²) in [5.41, 5.74) is 3.96. The minimum atomic E-state index is -3.59. The van der Waals surface area contributed by atoms with Gasteiger partial charge < -0.3 is 4.42 Å². The second kappa shape index (κ2) is 6.93. The average Bonchev–Trinajstić information content (AvgIpc) is 2.59. The maximum atomic E-state index is 12.4. The summed E-state index contributed by atoms with van der Waals surface area (Å²) in [4.78, 5) is 12.4. The van der Waals surface area contributed by atoms with Gasteiger partial charge in [0.25, 0.3) is 10.2 Å². The van der Waals surface area contributed by atoms with E-state index in [2.05, 4.69) is 9.44 Å². The van der Waals surface area contributed by atoms with Crippen molar-refractivity contribution < 1.29 is 12.8 Å². The lowest BCUT2D eigenvalue weighted by Gasteiger charge is -2.10. The highest BCUT2D eigenvalue weighted by Crippen LogP contribution is 2.23. The van der Waals surface area contributed by atoms with Gasteiger partial charge in [-0.25, -0.2) is 9.52 Å². The van der Waals surface area contributed by atoms with E-state index in [0.717, 1.165) is 22.1 Å². The van der Waals surface area contributed by atoms with Crippen molar-refractivity contribution in [3.05, 3.63) is 75.1 Å². The molecule has 0 amide bonds. The van der Waals surface area contributed by atoms with Crippen LogP contribution in [0.1, 0.15) is 22.3 Å². The molecule has 0 spiro atoms. The Labute approximate surface area is 152 Å². The van der Waals surface area contributed by atoms with Gasteiger partial charge in [-0.1, -0.05) is 23.8 Å². The van der Waals surface area contributed by atoms with Gasteiger partial charge in [0, 0.05) is 24.4 Å². The first-order valence-corrected chi connectivity index (χ1v) is 9.60. The first-order chi connectivity index (χ1) is 12.3. The van der Waals surface area contributed by atoms with Crippen LogP contribution in [0.15, 0.2) is 51.7 Å². The molecule has 0 saturated heterocycles. The Balaban J connectivity index is 2.00. The second-order valence-corrected chi connectivity index (χ2v) is 7.80. The topological polar surface area (TPSA) is 88.4 Å². The van der Waals surface area contributed by atoms with Gasteiger partial charge in [0.1, 0.15) is 5.58 Å². The second-order valence-electron chi connectivity index (χ2n) is 6.18. The largest absolute Gasteiger partial charge is 0.423 e. The van der Waals surface area contributed by atoms with Crippen molar-refractivity contribution in [1.82, 2.24) is 4.72 Å². The molecule has 2 N–H and O–H groups in total. The number of anilines is 1. The van der Waals surface area contributed by atoms with Crippen molar-refractivity contribution in [2.24, 2.45) is 0 Å². The van der Waals surface area contributed by atoms with E-state index in [-0.39, 0.29) is 5.63 Å². The molecule has 0 saturated carbocycles. The Morgan fingerprint density at radius 2 is 1.85 bits per heavy atom. The van der Waals surface area contributed by atoms with E-state index in [9.17, 15) is 13.2 Å². The van der Waals surface area contributed by atoms with Crippen molar-refractivity contribution in [2.45, 2.75) is 20.3 Å². The van der Waals surface area contributed by atoms with Crippen LogP contribution in [0.2, 0.25) is 0 Å². The van der Waals surface area contributed by atoms with Crippen LogP contribution in [-0.2, 0) is 16.6 Å². The zero-order chi connectivity index (χ0) is 18.9. The van der Waals surface area contributed by atoms with Crippen molar-refractivity contribution in [3.63, 3.8) is 0 Å². The molecule has 0 aliphatic heterocycles. The molecule has 0 radical (unpaired) electrons. The van der Waals surface area contributed by atoms with E-state index >= 15 is 0 Å². The van der Waals surface area contributed by atoms with Crippen molar-refractivity contribution in [3.8, 4) is 0 Å². The average molecular weight is 372 g/mol. The minimum absolute atomic E-state index is 0.354. The Morgan fingerprint density at radius 1 is 1.08 bits per heavy atom. The predicted octanol–water partition coefficient (Wildman–Crippen LogP) is 2.88. The van der Waals surface area contributed by atoms with Crippen LogP contribution in [-0.4, -0.2) is 15.5 Å². The monoisotopic (exact) mass is 372 g/mol. The number of aryl methyl sites for hydroxylation is 2. The Hall–Kier alpha value is -2.64. The fourth-order valence-corrected chi connectivity index (χ4v) is 3.40. The first-order valence-electron chi connectivity index (χ1n) is 8.12. The third kappa shape index (κ3) is 3.79. The minimum Gasteiger partial charge on any atom is -0.423 e. The molecule has 6 nitrogen and oxygen atoms in total. The van der Waals surface area contributed by atoms with Gasteiger partial charge in [0.15, 0.2) is 0 Å². The molecule has 1 heterocycles. The zero-order valence-corrected chi connectivity index (χ0v) is 15.6. The van der Waals surface area contributed by atoms with Crippen LogP contribution in [0.4, 0.5) is 5.69 Å². The highest BCUT2D eigenvalue weighted by Gasteiger charge is 2.13. The quantitative estimate of drug-likeness (QED) is 0.674. The van der Waals surface area contributed by atoms with Crippen LogP contribution >= 0.6 is 0 Å². The fourth-order valence-electron chi connectivity index (χ4n) is 2.86. The molecule has 0 unspecified atom stereocenters. The van der Waals surface area contributed by atoms with E-state index in [4.69, 9.17) is 4.42 Å². The lowest BCUT2D eigenvalue weighted by molar-refractivity contribution is 0.551. The van der Waals surface area contributed by atoms with Gasteiger partial charge in [-0.2, -0.15) is 8.42 Å². The molecule has 0 atom stereocenters. The number of hydrogen-bond acceptors (Lipinski definition) is 4. The van der Waals surface area contributed by atoms with Gasteiger partial charge in [-0.3, -0.25) is 4.72 Å². The highest BCUT2D eigenvalue weighted by molar-refractivity contribution is 7.90. The van der Waals surface area contributed by atoms with E-state index in [0.29, 0.717) is 23.3 Å². The molecule has 3 rings (SSSR count). The normalized spacial score (nSPS) is 11.7. The Morgan fingerprint density at radius 3 is 2.58 bits per heavy atom. The Kier molecular flexibility index (Phi) is 4.84. The van der Waals surface area contributed by atoms with Crippen LogP contribution in [0, 0.1) is 13.8 Å². The molecular formula is C19H20N2O4S. The van der Waals surface area contributed by atoms with Gasteiger partial charge in [0.05, 0.1) is 5.69 Å². The first kappa shape index (κ1) is 18.2. The summed E-state index contributed by atoms with van der Waals surface area (Å²) in [7, 11) is -2.26. The Bertz CT molecular complexity index is 1130. The molecule has 0 aliphatic carbocycles. The molecule has 1 aromatic heterocycles. The van der Waals surface area contributed by atoms with Crippen LogP contribution in [0.5, 0.6) is 0 Å². The number of hydrogen-bond donors (Lipinski definition) is 2. The van der Waals surface area contributed by atoms with E-state index in [1.165, 1.54) is 7.05 Å². The summed E-state index contributed by atoms with van der Waals surface area (Å²) in [5.74, 6) is 0. The van der Waals surface area contributed by atoms with Gasteiger partial charge in [-0.05, 0) is 49.2 Å². The van der Waals surface area contributed by atoms with E-state index < -0.39 is 10.2 Å². The molecular weight excluding hydrogens is 352 g/mol. The summed E-state index contributed by atoms with van der Waals surface area (Å²) in [6.07, 6.45) is 0.354.